The highest BCUT2D eigenvalue weighted by Gasteiger charge is 2.01. The minimum atomic E-state index is -0.365. The summed E-state index contributed by atoms with van der Waals surface area (Å²) in [5.41, 5.74) is 0.696. The lowest BCUT2D eigenvalue weighted by atomic mass is 10.2. The number of halogens is 1. The summed E-state index contributed by atoms with van der Waals surface area (Å²) < 4.78 is 0. The van der Waals surface area contributed by atoms with Crippen LogP contribution in [0.15, 0.2) is 40.3 Å². The van der Waals surface area contributed by atoms with E-state index in [1.54, 1.807) is 12.1 Å². The minimum absolute atomic E-state index is 0.271. The van der Waals surface area contributed by atoms with Crippen LogP contribution >= 0.6 is 23.4 Å². The van der Waals surface area contributed by atoms with Crippen molar-refractivity contribution in [3.63, 3.8) is 0 Å². The molecule has 0 radical (unpaired) electrons. The lowest BCUT2D eigenvalue weighted by molar-refractivity contribution is 0.444. The van der Waals surface area contributed by atoms with Crippen molar-refractivity contribution in [3.05, 3.63) is 51.3 Å². The molecule has 88 valence electrons. The average molecular weight is 269 g/mol. The second kappa shape index (κ2) is 5.25. The molecule has 0 fully saturated rings. The van der Waals surface area contributed by atoms with Crippen molar-refractivity contribution in [2.45, 2.75) is 10.9 Å². The minimum Gasteiger partial charge on any atom is -0.493 e. The van der Waals surface area contributed by atoms with Gasteiger partial charge in [0.25, 0.3) is 5.56 Å². The smallest absolute Gasteiger partial charge is 0.255 e. The third-order valence-electron chi connectivity index (χ3n) is 2.00. The van der Waals surface area contributed by atoms with Crippen molar-refractivity contribution in [3.8, 4) is 5.88 Å². The van der Waals surface area contributed by atoms with E-state index >= 15 is 0 Å². The fourth-order valence-corrected chi connectivity index (χ4v) is 2.18. The van der Waals surface area contributed by atoms with Crippen LogP contribution in [0.5, 0.6) is 5.88 Å². The number of benzene rings is 1. The largest absolute Gasteiger partial charge is 0.493 e. The molecule has 2 rings (SSSR count). The predicted molar refractivity (Wildman–Crippen MR) is 67.5 cm³/mol. The second-order valence-electron chi connectivity index (χ2n) is 3.32. The van der Waals surface area contributed by atoms with Crippen molar-refractivity contribution in [1.29, 1.82) is 0 Å². The molecule has 1 heterocycles. The Bertz CT molecular complexity index is 568. The topological polar surface area (TPSA) is 66.0 Å². The molecule has 0 amide bonds. The molecule has 1 aromatic carbocycles. The van der Waals surface area contributed by atoms with Crippen molar-refractivity contribution >= 4 is 23.4 Å². The maximum absolute atomic E-state index is 11.1. The SMILES string of the molecule is O=c1cc(O)nc(SCc2ccc(Cl)cc2)[nH]1. The number of aromatic nitrogens is 2. The number of aromatic amines is 1. The number of H-pyrrole nitrogens is 1. The van der Waals surface area contributed by atoms with Crippen LogP contribution in [0.25, 0.3) is 0 Å². The summed E-state index contributed by atoms with van der Waals surface area (Å²) in [6.45, 7) is 0. The zero-order chi connectivity index (χ0) is 12.3. The molecule has 17 heavy (non-hydrogen) atoms. The van der Waals surface area contributed by atoms with Crippen LogP contribution in [0, 0.1) is 0 Å². The van der Waals surface area contributed by atoms with Gasteiger partial charge in [-0.2, -0.15) is 4.98 Å². The Balaban J connectivity index is 2.07. The molecular weight excluding hydrogens is 260 g/mol. The summed E-state index contributed by atoms with van der Waals surface area (Å²) in [5, 5.41) is 10.2. The Kier molecular flexibility index (Phi) is 3.71. The van der Waals surface area contributed by atoms with Gasteiger partial charge in [0.2, 0.25) is 5.88 Å². The molecular formula is C11H9ClN2O2S. The second-order valence-corrected chi connectivity index (χ2v) is 4.72. The summed E-state index contributed by atoms with van der Waals surface area (Å²) in [7, 11) is 0. The van der Waals surface area contributed by atoms with Gasteiger partial charge >= 0.3 is 0 Å². The van der Waals surface area contributed by atoms with E-state index in [-0.39, 0.29) is 11.4 Å². The van der Waals surface area contributed by atoms with Gasteiger partial charge in [-0.1, -0.05) is 35.5 Å². The molecule has 0 saturated carbocycles. The van der Waals surface area contributed by atoms with Gasteiger partial charge in [0.05, 0.1) is 6.07 Å². The first-order valence-electron chi connectivity index (χ1n) is 4.81. The van der Waals surface area contributed by atoms with Crippen molar-refractivity contribution in [2.24, 2.45) is 0 Å². The van der Waals surface area contributed by atoms with Crippen LogP contribution in [0.4, 0.5) is 0 Å². The van der Waals surface area contributed by atoms with Crippen molar-refractivity contribution < 1.29 is 5.11 Å². The highest BCUT2D eigenvalue weighted by molar-refractivity contribution is 7.98. The highest BCUT2D eigenvalue weighted by atomic mass is 35.5. The summed E-state index contributed by atoms with van der Waals surface area (Å²) in [6, 6.07) is 8.44. The number of hydrogen-bond donors (Lipinski definition) is 2. The van der Waals surface area contributed by atoms with Gasteiger partial charge in [-0.15, -0.1) is 0 Å². The molecule has 0 aliphatic rings. The van der Waals surface area contributed by atoms with E-state index < -0.39 is 0 Å². The van der Waals surface area contributed by atoms with E-state index in [1.807, 2.05) is 12.1 Å². The first kappa shape index (κ1) is 12.0. The van der Waals surface area contributed by atoms with Gasteiger partial charge in [0, 0.05) is 10.8 Å². The number of thioether (sulfide) groups is 1. The van der Waals surface area contributed by atoms with Crippen LogP contribution in [0.1, 0.15) is 5.56 Å². The Hall–Kier alpha value is -1.46. The molecule has 0 saturated heterocycles. The van der Waals surface area contributed by atoms with Gasteiger partial charge in [-0.25, -0.2) is 0 Å². The van der Waals surface area contributed by atoms with E-state index in [0.29, 0.717) is 15.9 Å². The molecule has 1 aromatic heterocycles. The lowest BCUT2D eigenvalue weighted by Crippen LogP contribution is -2.05. The summed E-state index contributed by atoms with van der Waals surface area (Å²) in [5.74, 6) is 0.371. The monoisotopic (exact) mass is 268 g/mol. The van der Waals surface area contributed by atoms with Crippen LogP contribution < -0.4 is 5.56 Å². The lowest BCUT2D eigenvalue weighted by Gasteiger charge is -2.01. The average Bonchev–Trinajstić information content (AvgIpc) is 2.27. The van der Waals surface area contributed by atoms with Gasteiger partial charge in [-0.3, -0.25) is 4.79 Å². The fourth-order valence-electron chi connectivity index (χ4n) is 1.22. The van der Waals surface area contributed by atoms with E-state index in [9.17, 15) is 4.79 Å². The van der Waals surface area contributed by atoms with Crippen LogP contribution in [-0.4, -0.2) is 15.1 Å². The van der Waals surface area contributed by atoms with Crippen LogP contribution in [0.2, 0.25) is 5.02 Å². The molecule has 0 aliphatic carbocycles. The quantitative estimate of drug-likeness (QED) is 0.663. The maximum Gasteiger partial charge on any atom is 0.255 e. The molecule has 0 atom stereocenters. The zero-order valence-corrected chi connectivity index (χ0v) is 10.3. The molecule has 6 heteroatoms. The first-order valence-corrected chi connectivity index (χ1v) is 6.17. The zero-order valence-electron chi connectivity index (χ0n) is 8.68. The summed E-state index contributed by atoms with van der Waals surface area (Å²) in [6.07, 6.45) is 0. The molecule has 0 unspecified atom stereocenters. The number of hydrogen-bond acceptors (Lipinski definition) is 4. The number of rotatable bonds is 3. The Labute approximate surface area is 107 Å². The Morgan fingerprint density at radius 2 is 2.06 bits per heavy atom. The maximum atomic E-state index is 11.1. The Morgan fingerprint density at radius 1 is 1.35 bits per heavy atom. The van der Waals surface area contributed by atoms with Crippen LogP contribution in [-0.2, 0) is 5.75 Å². The van der Waals surface area contributed by atoms with Crippen molar-refractivity contribution in [1.82, 2.24) is 9.97 Å². The van der Waals surface area contributed by atoms with Gasteiger partial charge in [-0.05, 0) is 17.7 Å². The highest BCUT2D eigenvalue weighted by Crippen LogP contribution is 2.20. The molecule has 2 N–H and O–H groups in total. The molecule has 0 spiro atoms. The molecule has 0 aliphatic heterocycles. The third-order valence-corrected chi connectivity index (χ3v) is 3.19. The van der Waals surface area contributed by atoms with Gasteiger partial charge in [0.15, 0.2) is 5.16 Å². The normalized spacial score (nSPS) is 10.4. The standard InChI is InChI=1S/C11H9ClN2O2S/c12-8-3-1-7(2-4-8)6-17-11-13-9(15)5-10(16)14-11/h1-5H,6H2,(H2,13,14,15,16). The molecule has 4 nitrogen and oxygen atoms in total. The third kappa shape index (κ3) is 3.51. The molecule has 0 bridgehead atoms. The first-order chi connectivity index (χ1) is 8.13. The summed E-state index contributed by atoms with van der Waals surface area (Å²) >= 11 is 7.11. The summed E-state index contributed by atoms with van der Waals surface area (Å²) in [4.78, 5) is 17.4. The van der Waals surface area contributed by atoms with Crippen LogP contribution in [0.3, 0.4) is 0 Å². The van der Waals surface area contributed by atoms with E-state index in [4.69, 9.17) is 16.7 Å². The van der Waals surface area contributed by atoms with Gasteiger partial charge in [0.1, 0.15) is 0 Å². The number of nitrogens with zero attached hydrogens (tertiary/aromatic N) is 1. The predicted octanol–water partition coefficient (Wildman–Crippen LogP) is 2.42. The fraction of sp³-hybridized carbons (Fsp3) is 0.0909. The molecule has 2 aromatic rings. The van der Waals surface area contributed by atoms with Crippen molar-refractivity contribution in [2.75, 3.05) is 0 Å². The van der Waals surface area contributed by atoms with E-state index in [1.165, 1.54) is 11.8 Å². The number of nitrogens with one attached hydrogen (secondary N) is 1. The van der Waals surface area contributed by atoms with E-state index in [2.05, 4.69) is 9.97 Å². The van der Waals surface area contributed by atoms with Gasteiger partial charge < -0.3 is 10.1 Å². The van der Waals surface area contributed by atoms with E-state index in [0.717, 1.165) is 11.6 Å². The number of aromatic hydroxyl groups is 1. The Morgan fingerprint density at radius 3 is 2.71 bits per heavy atom.